The molecular weight excluding hydrogens is 292 g/mol. The molecule has 4 heteroatoms. The maximum absolute atomic E-state index is 12.0. The topological polar surface area (TPSA) is 55.1 Å². The third-order valence-electron chi connectivity index (χ3n) is 3.22. The van der Waals surface area contributed by atoms with Crippen LogP contribution in [0.25, 0.3) is 10.8 Å². The van der Waals surface area contributed by atoms with Crippen molar-refractivity contribution in [2.45, 2.75) is 18.5 Å². The molecule has 0 radical (unpaired) electrons. The quantitative estimate of drug-likeness (QED) is 0.895. The second kappa shape index (κ2) is 4.37. The van der Waals surface area contributed by atoms with Gasteiger partial charge in [-0.1, -0.05) is 28.1 Å². The van der Waals surface area contributed by atoms with E-state index in [-0.39, 0.29) is 18.0 Å². The number of hydrogen-bond donors (Lipinski definition) is 2. The third kappa shape index (κ3) is 2.26. The van der Waals surface area contributed by atoms with Crippen molar-refractivity contribution in [2.75, 3.05) is 0 Å². The number of nitrogens with two attached hydrogens (primary N) is 1. The molecule has 2 aromatic carbocycles. The highest BCUT2D eigenvalue weighted by Gasteiger charge is 2.34. The lowest BCUT2D eigenvalue weighted by molar-refractivity contribution is 0.0950. The standard InChI is InChI=1S/C14H13BrN2O/c15-11-4-3-8-5-10(2-1-9(8)6-11)14(18)17-13-7-12(13)16/h1-6,12-13H,7,16H2,(H,17,18). The molecule has 3 rings (SSSR count). The van der Waals surface area contributed by atoms with Gasteiger partial charge in [0.25, 0.3) is 5.91 Å². The molecule has 1 saturated carbocycles. The van der Waals surface area contributed by atoms with Gasteiger partial charge in [-0.05, 0) is 41.5 Å². The summed E-state index contributed by atoms with van der Waals surface area (Å²) in [6.45, 7) is 0. The van der Waals surface area contributed by atoms with E-state index in [1.54, 1.807) is 0 Å². The second-order valence-corrected chi connectivity index (χ2v) is 5.60. The number of carbonyl (C=O) groups excluding carboxylic acids is 1. The van der Waals surface area contributed by atoms with Gasteiger partial charge in [-0.2, -0.15) is 0 Å². The largest absolute Gasteiger partial charge is 0.348 e. The Kier molecular flexibility index (Phi) is 2.84. The van der Waals surface area contributed by atoms with E-state index in [0.717, 1.165) is 21.7 Å². The highest BCUT2D eigenvalue weighted by molar-refractivity contribution is 9.10. The summed E-state index contributed by atoms with van der Waals surface area (Å²) in [7, 11) is 0. The number of hydrogen-bond acceptors (Lipinski definition) is 2. The zero-order valence-corrected chi connectivity index (χ0v) is 11.3. The number of halogens is 1. The minimum Gasteiger partial charge on any atom is -0.348 e. The first-order chi connectivity index (χ1) is 8.63. The maximum atomic E-state index is 12.0. The molecule has 0 aromatic heterocycles. The Bertz CT molecular complexity index is 626. The number of fused-ring (bicyclic) bond motifs is 1. The number of benzene rings is 2. The highest BCUT2D eigenvalue weighted by atomic mass is 79.9. The van der Waals surface area contributed by atoms with E-state index in [4.69, 9.17) is 5.73 Å². The number of nitrogens with one attached hydrogen (secondary N) is 1. The maximum Gasteiger partial charge on any atom is 0.251 e. The summed E-state index contributed by atoms with van der Waals surface area (Å²) in [5.41, 5.74) is 6.36. The first kappa shape index (κ1) is 11.7. The molecule has 2 aromatic rings. The summed E-state index contributed by atoms with van der Waals surface area (Å²) in [5, 5.41) is 5.10. The molecule has 1 aliphatic rings. The molecule has 3 nitrogen and oxygen atoms in total. The number of amides is 1. The van der Waals surface area contributed by atoms with Crippen LogP contribution in [0.4, 0.5) is 0 Å². The molecular formula is C14H13BrN2O. The predicted octanol–water partition coefficient (Wildman–Crippen LogP) is 2.43. The monoisotopic (exact) mass is 304 g/mol. The molecule has 1 amide bonds. The van der Waals surface area contributed by atoms with Gasteiger partial charge in [0.2, 0.25) is 0 Å². The van der Waals surface area contributed by atoms with E-state index in [2.05, 4.69) is 21.2 Å². The van der Waals surface area contributed by atoms with Crippen molar-refractivity contribution >= 4 is 32.6 Å². The third-order valence-corrected chi connectivity index (χ3v) is 3.71. The number of carbonyl (C=O) groups is 1. The zero-order valence-electron chi connectivity index (χ0n) is 9.69. The van der Waals surface area contributed by atoms with Gasteiger partial charge in [0.1, 0.15) is 0 Å². The van der Waals surface area contributed by atoms with Crippen molar-refractivity contribution in [1.29, 1.82) is 0 Å². The summed E-state index contributed by atoms with van der Waals surface area (Å²) in [6, 6.07) is 12.0. The van der Waals surface area contributed by atoms with E-state index in [1.165, 1.54) is 0 Å². The molecule has 0 aliphatic heterocycles. The van der Waals surface area contributed by atoms with E-state index >= 15 is 0 Å². The van der Waals surface area contributed by atoms with Crippen LogP contribution in [-0.4, -0.2) is 18.0 Å². The molecule has 3 N–H and O–H groups in total. The fourth-order valence-electron chi connectivity index (χ4n) is 1.99. The first-order valence-corrected chi connectivity index (χ1v) is 6.68. The fraction of sp³-hybridized carbons (Fsp3) is 0.214. The van der Waals surface area contributed by atoms with Crippen molar-refractivity contribution in [1.82, 2.24) is 5.32 Å². The molecule has 1 aliphatic carbocycles. The molecule has 0 spiro atoms. The van der Waals surface area contributed by atoms with Crippen LogP contribution in [0, 0.1) is 0 Å². The average Bonchev–Trinajstić information content (AvgIpc) is 3.04. The summed E-state index contributed by atoms with van der Waals surface area (Å²) in [6.07, 6.45) is 0.881. The lowest BCUT2D eigenvalue weighted by Gasteiger charge is -2.05. The van der Waals surface area contributed by atoms with Gasteiger partial charge < -0.3 is 11.1 Å². The fourth-order valence-corrected chi connectivity index (χ4v) is 2.37. The van der Waals surface area contributed by atoms with Crippen molar-refractivity contribution < 1.29 is 4.79 Å². The van der Waals surface area contributed by atoms with Gasteiger partial charge in [-0.25, -0.2) is 0 Å². The van der Waals surface area contributed by atoms with Crippen LogP contribution in [0.1, 0.15) is 16.8 Å². The minimum atomic E-state index is -0.0437. The summed E-state index contributed by atoms with van der Waals surface area (Å²) < 4.78 is 1.04. The summed E-state index contributed by atoms with van der Waals surface area (Å²) in [5.74, 6) is -0.0437. The van der Waals surface area contributed by atoms with Crippen LogP contribution in [0.15, 0.2) is 40.9 Å². The van der Waals surface area contributed by atoms with Gasteiger partial charge in [-0.3, -0.25) is 4.79 Å². The molecule has 1 fully saturated rings. The Labute approximate surface area is 113 Å². The Morgan fingerprint density at radius 2 is 1.89 bits per heavy atom. The van der Waals surface area contributed by atoms with E-state index in [0.29, 0.717) is 5.56 Å². The minimum absolute atomic E-state index is 0.0437. The number of rotatable bonds is 2. The molecule has 0 bridgehead atoms. The Hall–Kier alpha value is -1.39. The first-order valence-electron chi connectivity index (χ1n) is 5.89. The summed E-state index contributed by atoms with van der Waals surface area (Å²) >= 11 is 3.43. The predicted molar refractivity (Wildman–Crippen MR) is 75.5 cm³/mol. The smallest absolute Gasteiger partial charge is 0.251 e. The molecule has 0 heterocycles. The Balaban J connectivity index is 1.88. The van der Waals surface area contributed by atoms with Gasteiger partial charge in [0.15, 0.2) is 0 Å². The van der Waals surface area contributed by atoms with Crippen LogP contribution in [-0.2, 0) is 0 Å². The average molecular weight is 305 g/mol. The van der Waals surface area contributed by atoms with Crippen LogP contribution in [0.2, 0.25) is 0 Å². The molecule has 92 valence electrons. The molecule has 18 heavy (non-hydrogen) atoms. The van der Waals surface area contributed by atoms with Gasteiger partial charge in [-0.15, -0.1) is 0 Å². The van der Waals surface area contributed by atoms with Crippen molar-refractivity contribution in [3.8, 4) is 0 Å². The molecule has 2 unspecified atom stereocenters. The van der Waals surface area contributed by atoms with Gasteiger partial charge in [0, 0.05) is 22.1 Å². The van der Waals surface area contributed by atoms with E-state index in [1.807, 2.05) is 36.4 Å². The van der Waals surface area contributed by atoms with Crippen LogP contribution in [0.5, 0.6) is 0 Å². The lowest BCUT2D eigenvalue weighted by atomic mass is 10.1. The summed E-state index contributed by atoms with van der Waals surface area (Å²) in [4.78, 5) is 12.0. The Morgan fingerprint density at radius 3 is 2.61 bits per heavy atom. The van der Waals surface area contributed by atoms with Crippen molar-refractivity contribution in [2.24, 2.45) is 5.73 Å². The highest BCUT2D eigenvalue weighted by Crippen LogP contribution is 2.22. The Morgan fingerprint density at radius 1 is 1.22 bits per heavy atom. The zero-order chi connectivity index (χ0) is 12.7. The normalized spacial score (nSPS) is 21.9. The molecule has 0 saturated heterocycles. The van der Waals surface area contributed by atoms with Crippen LogP contribution in [0.3, 0.4) is 0 Å². The van der Waals surface area contributed by atoms with E-state index < -0.39 is 0 Å². The van der Waals surface area contributed by atoms with Gasteiger partial charge >= 0.3 is 0 Å². The molecule has 2 atom stereocenters. The second-order valence-electron chi connectivity index (χ2n) is 4.69. The van der Waals surface area contributed by atoms with E-state index in [9.17, 15) is 4.79 Å². The lowest BCUT2D eigenvalue weighted by Crippen LogP contribution is -2.29. The van der Waals surface area contributed by atoms with Crippen LogP contribution < -0.4 is 11.1 Å². The van der Waals surface area contributed by atoms with Crippen molar-refractivity contribution in [3.05, 3.63) is 46.4 Å². The van der Waals surface area contributed by atoms with Crippen LogP contribution >= 0.6 is 15.9 Å². The SMILES string of the molecule is NC1CC1NC(=O)c1ccc2cc(Br)ccc2c1. The van der Waals surface area contributed by atoms with Crippen molar-refractivity contribution in [3.63, 3.8) is 0 Å². The van der Waals surface area contributed by atoms with Gasteiger partial charge in [0.05, 0.1) is 0 Å².